The van der Waals surface area contributed by atoms with E-state index in [-0.39, 0.29) is 0 Å². The molecule has 1 saturated heterocycles. The number of aromatic nitrogens is 2. The highest BCUT2D eigenvalue weighted by atomic mass is 16.5. The number of benzene rings is 1. The van der Waals surface area contributed by atoms with Gasteiger partial charge < -0.3 is 19.5 Å². The summed E-state index contributed by atoms with van der Waals surface area (Å²) in [5, 5.41) is 7.54. The van der Waals surface area contributed by atoms with Gasteiger partial charge in [0.05, 0.1) is 12.3 Å². The minimum Gasteiger partial charge on any atom is -0.489 e. The highest BCUT2D eigenvalue weighted by molar-refractivity contribution is 5.78. The van der Waals surface area contributed by atoms with Gasteiger partial charge in [-0.15, -0.1) is 0 Å². The number of piperazine rings is 1. The van der Waals surface area contributed by atoms with Crippen LogP contribution in [0.15, 0.2) is 35.0 Å². The number of nitrogens with zero attached hydrogens (tertiary/aromatic N) is 4. The summed E-state index contributed by atoms with van der Waals surface area (Å²) < 4.78 is 11.3. The van der Waals surface area contributed by atoms with Crippen LogP contribution in [0.5, 0.6) is 5.75 Å². The van der Waals surface area contributed by atoms with Crippen molar-refractivity contribution in [2.24, 2.45) is 0 Å². The molecule has 1 fully saturated rings. The van der Waals surface area contributed by atoms with Crippen molar-refractivity contribution in [1.82, 2.24) is 19.9 Å². The SMILES string of the molecule is Cc1noc(C)c1-c1cnc(Nc2ccc(CN3CCN(C)CC3)cc2)c2c1CCO2. The Morgan fingerprint density at radius 2 is 1.84 bits per heavy atom. The molecule has 7 heteroatoms. The van der Waals surface area contributed by atoms with E-state index >= 15 is 0 Å². The Morgan fingerprint density at radius 3 is 2.55 bits per heavy atom. The lowest BCUT2D eigenvalue weighted by Crippen LogP contribution is -2.43. The Morgan fingerprint density at radius 1 is 1.06 bits per heavy atom. The number of aryl methyl sites for hydroxylation is 2. The lowest BCUT2D eigenvalue weighted by Gasteiger charge is -2.32. The topological polar surface area (TPSA) is 66.7 Å². The van der Waals surface area contributed by atoms with Gasteiger partial charge in [-0.3, -0.25) is 4.90 Å². The summed E-state index contributed by atoms with van der Waals surface area (Å²) in [5.74, 6) is 2.40. The molecule has 0 atom stereocenters. The summed E-state index contributed by atoms with van der Waals surface area (Å²) in [6.45, 7) is 10.1. The molecule has 0 amide bonds. The summed E-state index contributed by atoms with van der Waals surface area (Å²) in [6.07, 6.45) is 2.76. The Kier molecular flexibility index (Phi) is 5.38. The van der Waals surface area contributed by atoms with Gasteiger partial charge >= 0.3 is 0 Å². The van der Waals surface area contributed by atoms with E-state index < -0.39 is 0 Å². The Bertz CT molecular complexity index is 1050. The summed E-state index contributed by atoms with van der Waals surface area (Å²) in [4.78, 5) is 9.58. The van der Waals surface area contributed by atoms with Gasteiger partial charge in [-0.05, 0) is 38.6 Å². The lowest BCUT2D eigenvalue weighted by atomic mass is 9.99. The second kappa shape index (κ2) is 8.32. The van der Waals surface area contributed by atoms with Crippen LogP contribution in [0.1, 0.15) is 22.6 Å². The molecule has 0 bridgehead atoms. The third-order valence-corrected chi connectivity index (χ3v) is 6.26. The van der Waals surface area contributed by atoms with Crippen LogP contribution in [0.2, 0.25) is 0 Å². The van der Waals surface area contributed by atoms with Crippen molar-refractivity contribution < 1.29 is 9.26 Å². The van der Waals surface area contributed by atoms with Gasteiger partial charge in [-0.1, -0.05) is 17.3 Å². The first-order chi connectivity index (χ1) is 15.1. The van der Waals surface area contributed by atoms with Crippen molar-refractivity contribution in [2.75, 3.05) is 45.2 Å². The summed E-state index contributed by atoms with van der Waals surface area (Å²) in [5.41, 5.74) is 6.46. The molecule has 162 valence electrons. The van der Waals surface area contributed by atoms with Crippen molar-refractivity contribution in [2.45, 2.75) is 26.8 Å². The second-order valence-electron chi connectivity index (χ2n) is 8.53. The van der Waals surface area contributed by atoms with Gasteiger partial charge in [-0.2, -0.15) is 0 Å². The first-order valence-electron chi connectivity index (χ1n) is 10.9. The van der Waals surface area contributed by atoms with Gasteiger partial charge in [-0.25, -0.2) is 4.98 Å². The van der Waals surface area contributed by atoms with Crippen LogP contribution >= 0.6 is 0 Å². The van der Waals surface area contributed by atoms with Crippen LogP contribution in [0, 0.1) is 13.8 Å². The Hall–Kier alpha value is -2.90. The van der Waals surface area contributed by atoms with Crippen molar-refractivity contribution in [3.8, 4) is 16.9 Å². The molecular weight excluding hydrogens is 390 g/mol. The number of ether oxygens (including phenoxy) is 1. The molecule has 0 unspecified atom stereocenters. The van der Waals surface area contributed by atoms with Crippen molar-refractivity contribution in [3.63, 3.8) is 0 Å². The van der Waals surface area contributed by atoms with Crippen LogP contribution in [-0.4, -0.2) is 59.8 Å². The van der Waals surface area contributed by atoms with Crippen molar-refractivity contribution in [1.29, 1.82) is 0 Å². The van der Waals surface area contributed by atoms with Gasteiger partial charge in [0.2, 0.25) is 0 Å². The van der Waals surface area contributed by atoms with Gasteiger partial charge in [0.15, 0.2) is 11.6 Å². The number of nitrogens with one attached hydrogen (secondary N) is 1. The number of pyridine rings is 1. The molecule has 2 aromatic heterocycles. The zero-order valence-electron chi connectivity index (χ0n) is 18.4. The summed E-state index contributed by atoms with van der Waals surface area (Å²) in [6, 6.07) is 8.63. The lowest BCUT2D eigenvalue weighted by molar-refractivity contribution is 0.148. The van der Waals surface area contributed by atoms with E-state index in [1.54, 1.807) is 0 Å². The normalized spacial score (nSPS) is 16.9. The minimum absolute atomic E-state index is 0.663. The van der Waals surface area contributed by atoms with Gasteiger partial charge in [0, 0.05) is 67.7 Å². The van der Waals surface area contributed by atoms with E-state index in [0.717, 1.165) is 79.0 Å². The molecule has 0 radical (unpaired) electrons. The molecule has 2 aliphatic heterocycles. The summed E-state index contributed by atoms with van der Waals surface area (Å²) in [7, 11) is 2.19. The standard InChI is InChI=1S/C24H29N5O2/c1-16-22(17(2)31-27-16)21-14-25-24(23-20(21)8-13-30-23)26-19-6-4-18(5-7-19)15-29-11-9-28(3)10-12-29/h4-7,14H,8-13,15H2,1-3H3,(H,25,26). The smallest absolute Gasteiger partial charge is 0.173 e. The average molecular weight is 420 g/mol. The fourth-order valence-corrected chi connectivity index (χ4v) is 4.46. The predicted molar refractivity (Wildman–Crippen MR) is 121 cm³/mol. The van der Waals surface area contributed by atoms with E-state index in [0.29, 0.717) is 6.61 Å². The molecule has 5 rings (SSSR count). The highest BCUT2D eigenvalue weighted by Crippen LogP contribution is 2.41. The van der Waals surface area contributed by atoms with Crippen LogP contribution < -0.4 is 10.1 Å². The van der Waals surface area contributed by atoms with Crippen LogP contribution in [0.3, 0.4) is 0 Å². The number of likely N-dealkylation sites (N-methyl/N-ethyl adjacent to an activating group) is 1. The van der Waals surface area contributed by atoms with Crippen molar-refractivity contribution in [3.05, 3.63) is 53.0 Å². The zero-order chi connectivity index (χ0) is 21.4. The summed E-state index contributed by atoms with van der Waals surface area (Å²) >= 11 is 0. The molecule has 4 heterocycles. The highest BCUT2D eigenvalue weighted by Gasteiger charge is 2.25. The Labute approximate surface area is 183 Å². The van der Waals surface area contributed by atoms with E-state index in [1.807, 2.05) is 20.0 Å². The Balaban J connectivity index is 1.33. The van der Waals surface area contributed by atoms with Crippen molar-refractivity contribution >= 4 is 11.5 Å². The molecule has 7 nitrogen and oxygen atoms in total. The third kappa shape index (κ3) is 4.03. The van der Waals surface area contributed by atoms with E-state index in [1.165, 1.54) is 11.1 Å². The monoisotopic (exact) mass is 419 g/mol. The maximum Gasteiger partial charge on any atom is 0.173 e. The fourth-order valence-electron chi connectivity index (χ4n) is 4.46. The molecule has 0 spiro atoms. The minimum atomic E-state index is 0.663. The average Bonchev–Trinajstić information content (AvgIpc) is 3.39. The van der Waals surface area contributed by atoms with Crippen LogP contribution in [-0.2, 0) is 13.0 Å². The molecule has 0 saturated carbocycles. The fraction of sp³-hybridized carbons (Fsp3) is 0.417. The zero-order valence-corrected chi connectivity index (χ0v) is 18.4. The molecule has 1 N–H and O–H groups in total. The first-order valence-corrected chi connectivity index (χ1v) is 10.9. The maximum atomic E-state index is 5.97. The number of hydrogen-bond donors (Lipinski definition) is 1. The molecule has 31 heavy (non-hydrogen) atoms. The molecule has 3 aromatic rings. The predicted octanol–water partition coefficient (Wildman–Crippen LogP) is 3.78. The van der Waals surface area contributed by atoms with Crippen LogP contribution in [0.25, 0.3) is 11.1 Å². The number of rotatable bonds is 5. The quantitative estimate of drug-likeness (QED) is 0.675. The maximum absolute atomic E-state index is 5.97. The second-order valence-corrected chi connectivity index (χ2v) is 8.53. The van der Waals surface area contributed by atoms with Gasteiger partial charge in [0.1, 0.15) is 5.76 Å². The molecule has 2 aliphatic rings. The first kappa shape index (κ1) is 20.0. The van der Waals surface area contributed by atoms with Crippen LogP contribution in [0.4, 0.5) is 11.5 Å². The number of fused-ring (bicyclic) bond motifs is 1. The van der Waals surface area contributed by atoms with E-state index in [2.05, 4.69) is 56.6 Å². The van der Waals surface area contributed by atoms with Gasteiger partial charge in [0.25, 0.3) is 0 Å². The van der Waals surface area contributed by atoms with E-state index in [4.69, 9.17) is 9.26 Å². The molecule has 0 aliphatic carbocycles. The number of anilines is 2. The largest absolute Gasteiger partial charge is 0.489 e. The number of hydrogen-bond acceptors (Lipinski definition) is 7. The molecule has 1 aromatic carbocycles. The van der Waals surface area contributed by atoms with E-state index in [9.17, 15) is 0 Å². The molecular formula is C24H29N5O2. The third-order valence-electron chi connectivity index (χ3n) is 6.26.